The van der Waals surface area contributed by atoms with E-state index in [1.165, 1.54) is 18.2 Å². The van der Waals surface area contributed by atoms with Gasteiger partial charge >= 0.3 is 0 Å². The Bertz CT molecular complexity index is 994. The Morgan fingerprint density at radius 3 is 2.76 bits per heavy atom. The van der Waals surface area contributed by atoms with Crippen molar-refractivity contribution in [2.45, 2.75) is 37.6 Å². The number of halogens is 1. The minimum atomic E-state index is -3.87. The molecule has 29 heavy (non-hydrogen) atoms. The molecule has 1 fully saturated rings. The number of nitrogens with one attached hydrogen (secondary N) is 1. The standard InChI is InChI=1S/C21H26FN3O3S/c1-2-16-8-9-19(12-20(16)29(23,27)28)24-21(26)17-6-4-10-25(14-17)13-15-5-3-7-18(22)11-15/h3,5,7-9,11-12,17H,2,4,6,10,13-14H2,1H3,(H,24,26)(H2,23,27,28). The number of rotatable bonds is 6. The number of carbonyl (C=O) groups is 1. The van der Waals surface area contributed by atoms with Crippen molar-refractivity contribution in [2.24, 2.45) is 11.1 Å². The number of likely N-dealkylation sites (tertiary alicyclic amines) is 1. The number of piperidine rings is 1. The molecular formula is C21H26FN3O3S. The minimum absolute atomic E-state index is 0.0363. The smallest absolute Gasteiger partial charge is 0.238 e. The second-order valence-corrected chi connectivity index (χ2v) is 8.94. The molecule has 0 spiro atoms. The molecule has 0 saturated carbocycles. The van der Waals surface area contributed by atoms with Gasteiger partial charge in [0.15, 0.2) is 0 Å². The lowest BCUT2D eigenvalue weighted by atomic mass is 9.96. The lowest BCUT2D eigenvalue weighted by Crippen LogP contribution is -2.40. The van der Waals surface area contributed by atoms with Crippen LogP contribution in [0, 0.1) is 11.7 Å². The summed E-state index contributed by atoms with van der Waals surface area (Å²) in [6, 6.07) is 11.3. The van der Waals surface area contributed by atoms with E-state index in [2.05, 4.69) is 10.2 Å². The second-order valence-electron chi connectivity index (χ2n) is 7.41. The summed E-state index contributed by atoms with van der Waals surface area (Å²) in [6.45, 7) is 3.85. The molecule has 2 aromatic carbocycles. The molecule has 6 nitrogen and oxygen atoms in total. The summed E-state index contributed by atoms with van der Waals surface area (Å²) < 4.78 is 37.1. The van der Waals surface area contributed by atoms with E-state index in [-0.39, 0.29) is 22.5 Å². The van der Waals surface area contributed by atoms with Crippen molar-refractivity contribution in [3.05, 3.63) is 59.4 Å². The van der Waals surface area contributed by atoms with Crippen molar-refractivity contribution in [3.63, 3.8) is 0 Å². The molecule has 1 saturated heterocycles. The zero-order chi connectivity index (χ0) is 21.0. The quantitative estimate of drug-likeness (QED) is 0.753. The van der Waals surface area contributed by atoms with Gasteiger partial charge < -0.3 is 5.32 Å². The van der Waals surface area contributed by atoms with Gasteiger partial charge in [0.25, 0.3) is 0 Å². The van der Waals surface area contributed by atoms with E-state index < -0.39 is 10.0 Å². The van der Waals surface area contributed by atoms with Crippen LogP contribution in [0.2, 0.25) is 0 Å². The molecule has 1 heterocycles. The summed E-state index contributed by atoms with van der Waals surface area (Å²) in [4.78, 5) is 14.9. The first-order valence-electron chi connectivity index (χ1n) is 9.69. The van der Waals surface area contributed by atoms with Crippen molar-refractivity contribution in [2.75, 3.05) is 18.4 Å². The summed E-state index contributed by atoms with van der Waals surface area (Å²) >= 11 is 0. The molecule has 1 unspecified atom stereocenters. The van der Waals surface area contributed by atoms with Gasteiger partial charge in [-0.1, -0.05) is 25.1 Å². The topological polar surface area (TPSA) is 92.5 Å². The van der Waals surface area contributed by atoms with Crippen LogP contribution in [-0.2, 0) is 27.8 Å². The Balaban J connectivity index is 1.67. The molecule has 1 atom stereocenters. The van der Waals surface area contributed by atoms with Crippen LogP contribution < -0.4 is 10.5 Å². The number of nitrogens with two attached hydrogens (primary N) is 1. The van der Waals surface area contributed by atoms with Crippen LogP contribution >= 0.6 is 0 Å². The van der Waals surface area contributed by atoms with Crippen LogP contribution in [0.4, 0.5) is 10.1 Å². The van der Waals surface area contributed by atoms with Crippen LogP contribution in [0.3, 0.4) is 0 Å². The van der Waals surface area contributed by atoms with E-state index in [1.807, 2.05) is 13.0 Å². The number of hydrogen-bond donors (Lipinski definition) is 2. The molecule has 8 heteroatoms. The Kier molecular flexibility index (Phi) is 6.66. The Labute approximate surface area is 171 Å². The van der Waals surface area contributed by atoms with E-state index in [9.17, 15) is 17.6 Å². The summed E-state index contributed by atoms with van der Waals surface area (Å²) in [6.07, 6.45) is 2.14. The van der Waals surface area contributed by atoms with Gasteiger partial charge in [-0.25, -0.2) is 17.9 Å². The van der Waals surface area contributed by atoms with E-state index in [1.54, 1.807) is 18.2 Å². The van der Waals surface area contributed by atoms with Crippen molar-refractivity contribution >= 4 is 21.6 Å². The van der Waals surface area contributed by atoms with Gasteiger partial charge in [-0.15, -0.1) is 0 Å². The van der Waals surface area contributed by atoms with Gasteiger partial charge in [-0.3, -0.25) is 9.69 Å². The van der Waals surface area contributed by atoms with E-state index in [0.717, 1.165) is 24.9 Å². The van der Waals surface area contributed by atoms with Crippen LogP contribution in [0.5, 0.6) is 0 Å². The first kappa shape index (κ1) is 21.4. The molecule has 2 aromatic rings. The molecule has 1 amide bonds. The molecule has 0 bridgehead atoms. The van der Waals surface area contributed by atoms with E-state index in [4.69, 9.17) is 5.14 Å². The van der Waals surface area contributed by atoms with Gasteiger partial charge in [0.1, 0.15) is 5.82 Å². The average molecular weight is 420 g/mol. The number of sulfonamides is 1. The molecule has 1 aliphatic rings. The third-order valence-corrected chi connectivity index (χ3v) is 6.19. The third kappa shape index (κ3) is 5.62. The monoisotopic (exact) mass is 419 g/mol. The van der Waals surface area contributed by atoms with Gasteiger partial charge in [0.05, 0.1) is 10.8 Å². The molecule has 156 valence electrons. The third-order valence-electron chi connectivity index (χ3n) is 5.19. The van der Waals surface area contributed by atoms with Crippen LogP contribution in [0.15, 0.2) is 47.4 Å². The highest BCUT2D eigenvalue weighted by Crippen LogP contribution is 2.23. The predicted octanol–water partition coefficient (Wildman–Crippen LogP) is 2.89. The van der Waals surface area contributed by atoms with Crippen molar-refractivity contribution in [1.82, 2.24) is 4.90 Å². The lowest BCUT2D eigenvalue weighted by molar-refractivity contribution is -0.121. The van der Waals surface area contributed by atoms with Gasteiger partial charge in [0.2, 0.25) is 15.9 Å². The molecule has 0 aromatic heterocycles. The fourth-order valence-corrected chi connectivity index (χ4v) is 4.61. The Hall–Kier alpha value is -2.29. The summed E-state index contributed by atoms with van der Waals surface area (Å²) in [5, 5.41) is 8.13. The fraction of sp³-hybridized carbons (Fsp3) is 0.381. The highest BCUT2D eigenvalue weighted by molar-refractivity contribution is 7.89. The van der Waals surface area contributed by atoms with Gasteiger partial charge in [-0.05, 0) is 61.2 Å². The molecule has 3 N–H and O–H groups in total. The minimum Gasteiger partial charge on any atom is -0.326 e. The van der Waals surface area contributed by atoms with Crippen LogP contribution in [0.1, 0.15) is 30.9 Å². The number of hydrogen-bond acceptors (Lipinski definition) is 4. The predicted molar refractivity (Wildman–Crippen MR) is 110 cm³/mol. The first-order chi connectivity index (χ1) is 13.8. The summed E-state index contributed by atoms with van der Waals surface area (Å²) in [5.41, 5.74) is 1.90. The average Bonchev–Trinajstić information content (AvgIpc) is 2.67. The van der Waals surface area contributed by atoms with Crippen LogP contribution in [0.25, 0.3) is 0 Å². The maximum atomic E-state index is 13.4. The number of anilines is 1. The molecular weight excluding hydrogens is 393 g/mol. The van der Waals surface area contributed by atoms with Gasteiger partial charge in [0, 0.05) is 18.8 Å². The fourth-order valence-electron chi connectivity index (χ4n) is 3.74. The number of carbonyl (C=O) groups excluding carboxylic acids is 1. The Morgan fingerprint density at radius 1 is 1.28 bits per heavy atom. The summed E-state index contributed by atoms with van der Waals surface area (Å²) in [5.74, 6) is -0.644. The van der Waals surface area contributed by atoms with Crippen molar-refractivity contribution in [3.8, 4) is 0 Å². The molecule has 3 rings (SSSR count). The summed E-state index contributed by atoms with van der Waals surface area (Å²) in [7, 11) is -3.87. The maximum Gasteiger partial charge on any atom is 0.238 e. The number of nitrogens with zero attached hydrogens (tertiary/aromatic N) is 1. The number of aryl methyl sites for hydroxylation is 1. The zero-order valence-corrected chi connectivity index (χ0v) is 17.2. The molecule has 1 aliphatic heterocycles. The number of amides is 1. The van der Waals surface area contributed by atoms with E-state index in [0.29, 0.717) is 30.8 Å². The zero-order valence-electron chi connectivity index (χ0n) is 16.4. The van der Waals surface area contributed by atoms with Crippen molar-refractivity contribution < 1.29 is 17.6 Å². The SMILES string of the molecule is CCc1ccc(NC(=O)C2CCCN(Cc3cccc(F)c3)C2)cc1S(N)(=O)=O. The largest absolute Gasteiger partial charge is 0.326 e. The lowest BCUT2D eigenvalue weighted by Gasteiger charge is -2.32. The Morgan fingerprint density at radius 2 is 2.07 bits per heavy atom. The number of benzene rings is 2. The van der Waals surface area contributed by atoms with Gasteiger partial charge in [-0.2, -0.15) is 0 Å². The normalized spacial score (nSPS) is 17.8. The van der Waals surface area contributed by atoms with E-state index >= 15 is 0 Å². The molecule has 0 aliphatic carbocycles. The van der Waals surface area contributed by atoms with Crippen molar-refractivity contribution in [1.29, 1.82) is 0 Å². The molecule has 0 radical (unpaired) electrons. The first-order valence-corrected chi connectivity index (χ1v) is 11.2. The maximum absolute atomic E-state index is 13.4. The highest BCUT2D eigenvalue weighted by atomic mass is 32.2. The second kappa shape index (κ2) is 9.02. The highest BCUT2D eigenvalue weighted by Gasteiger charge is 2.26. The van der Waals surface area contributed by atoms with Crippen LogP contribution in [-0.4, -0.2) is 32.3 Å². The number of primary sulfonamides is 1.